The Morgan fingerprint density at radius 1 is 1.10 bits per heavy atom. The van der Waals surface area contributed by atoms with Crippen molar-refractivity contribution in [2.75, 3.05) is 24.6 Å². The minimum absolute atomic E-state index is 0.0439. The van der Waals surface area contributed by atoms with E-state index in [4.69, 9.17) is 4.74 Å². The van der Waals surface area contributed by atoms with Gasteiger partial charge in [-0.15, -0.1) is 0 Å². The Labute approximate surface area is 170 Å². The molecule has 1 fully saturated rings. The molecular formula is C22H28N4O3. The van der Waals surface area contributed by atoms with Crippen LogP contribution in [0.4, 0.5) is 5.82 Å². The molecule has 1 aromatic carbocycles. The van der Waals surface area contributed by atoms with Gasteiger partial charge in [-0.2, -0.15) is 5.26 Å². The summed E-state index contributed by atoms with van der Waals surface area (Å²) in [5.74, 6) is 1.94. The van der Waals surface area contributed by atoms with Crippen LogP contribution >= 0.6 is 0 Å². The van der Waals surface area contributed by atoms with E-state index in [1.807, 2.05) is 30.0 Å². The van der Waals surface area contributed by atoms with Crippen molar-refractivity contribution in [2.45, 2.75) is 32.6 Å². The molecule has 7 nitrogen and oxygen atoms in total. The van der Waals surface area contributed by atoms with Gasteiger partial charge in [-0.05, 0) is 56.2 Å². The highest BCUT2D eigenvalue weighted by Gasteiger charge is 2.25. The maximum Gasteiger partial charge on any atom is 0.332 e. The van der Waals surface area contributed by atoms with Crippen molar-refractivity contribution in [1.82, 2.24) is 9.13 Å². The first-order valence-electron chi connectivity index (χ1n) is 10.1. The van der Waals surface area contributed by atoms with Crippen LogP contribution in [0, 0.1) is 17.2 Å². The second kappa shape index (κ2) is 8.99. The monoisotopic (exact) mass is 396 g/mol. The molecule has 1 saturated heterocycles. The van der Waals surface area contributed by atoms with Crippen LogP contribution in [0.25, 0.3) is 0 Å². The van der Waals surface area contributed by atoms with Gasteiger partial charge in [0, 0.05) is 27.2 Å². The second-order valence-electron chi connectivity index (χ2n) is 7.56. The standard InChI is InChI=1S/C22H28N4O3/c1-4-29-18-9-7-16(8-10-18)5-6-17-11-13-26(14-12-17)20-19(15-23)21(27)25(3)22(28)24(20)2/h7-10,17H,4-6,11-14H2,1-3H3. The average Bonchev–Trinajstić information content (AvgIpc) is 2.75. The fourth-order valence-electron chi connectivity index (χ4n) is 4.02. The number of hydrogen-bond acceptors (Lipinski definition) is 5. The largest absolute Gasteiger partial charge is 0.494 e. The minimum atomic E-state index is -0.525. The lowest BCUT2D eigenvalue weighted by Gasteiger charge is -2.34. The zero-order chi connectivity index (χ0) is 21.0. The summed E-state index contributed by atoms with van der Waals surface area (Å²) < 4.78 is 7.89. The van der Waals surface area contributed by atoms with Gasteiger partial charge in [-0.25, -0.2) is 4.79 Å². The first-order valence-corrected chi connectivity index (χ1v) is 10.1. The molecule has 154 valence electrons. The smallest absolute Gasteiger partial charge is 0.332 e. The first-order chi connectivity index (χ1) is 14.0. The highest BCUT2D eigenvalue weighted by atomic mass is 16.5. The van der Waals surface area contributed by atoms with Crippen LogP contribution in [0.15, 0.2) is 33.9 Å². The number of ether oxygens (including phenoxy) is 1. The van der Waals surface area contributed by atoms with Crippen molar-refractivity contribution < 1.29 is 4.74 Å². The Morgan fingerprint density at radius 2 is 1.76 bits per heavy atom. The molecule has 1 aromatic heterocycles. The molecule has 7 heteroatoms. The van der Waals surface area contributed by atoms with Gasteiger partial charge < -0.3 is 9.64 Å². The van der Waals surface area contributed by atoms with Crippen LogP contribution < -0.4 is 20.9 Å². The van der Waals surface area contributed by atoms with Crippen LogP contribution in [-0.2, 0) is 20.5 Å². The summed E-state index contributed by atoms with van der Waals surface area (Å²) in [5.41, 5.74) is 0.420. The Hall–Kier alpha value is -3.01. The van der Waals surface area contributed by atoms with Crippen LogP contribution in [0.2, 0.25) is 0 Å². The molecule has 29 heavy (non-hydrogen) atoms. The third kappa shape index (κ3) is 4.37. The van der Waals surface area contributed by atoms with E-state index in [0.717, 1.165) is 49.1 Å². The first kappa shape index (κ1) is 20.7. The van der Waals surface area contributed by atoms with E-state index in [1.54, 1.807) is 7.05 Å². The fraction of sp³-hybridized carbons (Fsp3) is 0.500. The minimum Gasteiger partial charge on any atom is -0.494 e. The van der Waals surface area contributed by atoms with E-state index < -0.39 is 11.2 Å². The molecule has 1 aliphatic heterocycles. The van der Waals surface area contributed by atoms with Gasteiger partial charge in [-0.1, -0.05) is 12.1 Å². The summed E-state index contributed by atoms with van der Waals surface area (Å²) in [7, 11) is 3.03. The summed E-state index contributed by atoms with van der Waals surface area (Å²) >= 11 is 0. The van der Waals surface area contributed by atoms with Gasteiger partial charge in [0.15, 0.2) is 5.56 Å². The number of rotatable bonds is 6. The summed E-state index contributed by atoms with van der Waals surface area (Å²) in [6.07, 6.45) is 4.07. The zero-order valence-corrected chi connectivity index (χ0v) is 17.4. The second-order valence-corrected chi connectivity index (χ2v) is 7.56. The van der Waals surface area contributed by atoms with Crippen molar-refractivity contribution in [3.63, 3.8) is 0 Å². The number of nitrogens with zero attached hydrogens (tertiary/aromatic N) is 4. The van der Waals surface area contributed by atoms with Crippen molar-refractivity contribution in [2.24, 2.45) is 20.0 Å². The third-order valence-electron chi connectivity index (χ3n) is 5.74. The van der Waals surface area contributed by atoms with E-state index >= 15 is 0 Å². The van der Waals surface area contributed by atoms with Crippen molar-refractivity contribution in [1.29, 1.82) is 5.26 Å². The Kier molecular flexibility index (Phi) is 6.42. The molecule has 0 radical (unpaired) electrons. The topological polar surface area (TPSA) is 80.3 Å². The molecule has 0 spiro atoms. The Balaban J connectivity index is 1.63. The number of nitriles is 1. The molecular weight excluding hydrogens is 368 g/mol. The van der Waals surface area contributed by atoms with Gasteiger partial charge >= 0.3 is 5.69 Å². The lowest BCUT2D eigenvalue weighted by Crippen LogP contribution is -2.44. The lowest BCUT2D eigenvalue weighted by atomic mass is 9.90. The van der Waals surface area contributed by atoms with E-state index in [9.17, 15) is 14.9 Å². The normalized spacial score (nSPS) is 14.6. The predicted octanol–water partition coefficient (Wildman–Crippen LogP) is 2.20. The quantitative estimate of drug-likeness (QED) is 0.748. The van der Waals surface area contributed by atoms with Crippen LogP contribution in [0.3, 0.4) is 0 Å². The van der Waals surface area contributed by atoms with Gasteiger partial charge in [-0.3, -0.25) is 13.9 Å². The van der Waals surface area contributed by atoms with Crippen LogP contribution in [0.1, 0.15) is 37.3 Å². The van der Waals surface area contributed by atoms with E-state index in [0.29, 0.717) is 18.3 Å². The SMILES string of the molecule is CCOc1ccc(CCC2CCN(c3c(C#N)c(=O)n(C)c(=O)n3C)CC2)cc1. The average molecular weight is 396 g/mol. The predicted molar refractivity (Wildman–Crippen MR) is 113 cm³/mol. The summed E-state index contributed by atoms with van der Waals surface area (Å²) in [6.45, 7) is 4.13. The molecule has 2 heterocycles. The summed E-state index contributed by atoms with van der Waals surface area (Å²) in [6, 6.07) is 10.3. The molecule has 0 atom stereocenters. The van der Waals surface area contributed by atoms with Crippen LogP contribution in [0.5, 0.6) is 5.75 Å². The number of aryl methyl sites for hydroxylation is 1. The van der Waals surface area contributed by atoms with E-state index in [-0.39, 0.29) is 5.56 Å². The van der Waals surface area contributed by atoms with Crippen LogP contribution in [-0.4, -0.2) is 28.8 Å². The molecule has 0 saturated carbocycles. The molecule has 3 rings (SSSR count). The lowest BCUT2D eigenvalue weighted by molar-refractivity contribution is 0.340. The summed E-state index contributed by atoms with van der Waals surface area (Å²) in [4.78, 5) is 26.6. The van der Waals surface area contributed by atoms with E-state index in [1.165, 1.54) is 17.2 Å². The molecule has 0 amide bonds. The fourth-order valence-corrected chi connectivity index (χ4v) is 4.02. The van der Waals surface area contributed by atoms with Gasteiger partial charge in [0.05, 0.1) is 6.61 Å². The Morgan fingerprint density at radius 3 is 2.34 bits per heavy atom. The van der Waals surface area contributed by atoms with Gasteiger partial charge in [0.1, 0.15) is 17.6 Å². The zero-order valence-electron chi connectivity index (χ0n) is 17.4. The number of benzene rings is 1. The number of aromatic nitrogens is 2. The van der Waals surface area contributed by atoms with Gasteiger partial charge in [0.2, 0.25) is 0 Å². The van der Waals surface area contributed by atoms with E-state index in [2.05, 4.69) is 12.1 Å². The van der Waals surface area contributed by atoms with Crippen molar-refractivity contribution >= 4 is 5.82 Å². The molecule has 0 aliphatic carbocycles. The molecule has 1 aliphatic rings. The maximum atomic E-state index is 12.3. The Bertz CT molecular complexity index is 1010. The highest BCUT2D eigenvalue weighted by Crippen LogP contribution is 2.27. The van der Waals surface area contributed by atoms with Crippen molar-refractivity contribution in [3.8, 4) is 11.8 Å². The number of piperidine rings is 1. The molecule has 0 bridgehead atoms. The summed E-state index contributed by atoms with van der Waals surface area (Å²) in [5, 5.41) is 9.47. The van der Waals surface area contributed by atoms with Gasteiger partial charge in [0.25, 0.3) is 5.56 Å². The highest BCUT2D eigenvalue weighted by molar-refractivity contribution is 5.53. The number of anilines is 1. The molecule has 2 aromatic rings. The molecule has 0 N–H and O–H groups in total. The molecule has 0 unspecified atom stereocenters. The maximum absolute atomic E-state index is 12.3. The third-order valence-corrected chi connectivity index (χ3v) is 5.74. The number of hydrogen-bond donors (Lipinski definition) is 0. The van der Waals surface area contributed by atoms with Crippen molar-refractivity contribution in [3.05, 3.63) is 56.2 Å².